The molecule has 132 valence electrons. The first kappa shape index (κ1) is 16.4. The lowest BCUT2D eigenvalue weighted by atomic mass is 9.81. The molecular formula is C21H26N2O2. The highest BCUT2D eigenvalue weighted by atomic mass is 16.3. The van der Waals surface area contributed by atoms with E-state index in [1.54, 1.807) is 0 Å². The number of aryl methyl sites for hydroxylation is 1. The summed E-state index contributed by atoms with van der Waals surface area (Å²) >= 11 is 0. The van der Waals surface area contributed by atoms with Crippen molar-refractivity contribution in [2.45, 2.75) is 44.2 Å². The van der Waals surface area contributed by atoms with Gasteiger partial charge >= 0.3 is 0 Å². The molecular weight excluding hydrogens is 312 g/mol. The van der Waals surface area contributed by atoms with Gasteiger partial charge in [0, 0.05) is 25.7 Å². The first-order chi connectivity index (χ1) is 12.1. The van der Waals surface area contributed by atoms with E-state index in [1.807, 2.05) is 43.1 Å². The van der Waals surface area contributed by atoms with Crippen molar-refractivity contribution in [2.75, 3.05) is 20.1 Å². The van der Waals surface area contributed by atoms with Gasteiger partial charge in [0.2, 0.25) is 5.91 Å². The van der Waals surface area contributed by atoms with Gasteiger partial charge in [0.1, 0.15) is 11.5 Å². The Morgan fingerprint density at radius 1 is 1.12 bits per heavy atom. The van der Waals surface area contributed by atoms with Crippen molar-refractivity contribution in [3.63, 3.8) is 0 Å². The van der Waals surface area contributed by atoms with Crippen LogP contribution >= 0.6 is 0 Å². The van der Waals surface area contributed by atoms with E-state index in [-0.39, 0.29) is 17.4 Å². The minimum Gasteiger partial charge on any atom is -0.465 e. The topological polar surface area (TPSA) is 36.7 Å². The zero-order valence-electron chi connectivity index (χ0n) is 15.1. The Balaban J connectivity index is 1.44. The smallest absolute Gasteiger partial charge is 0.230 e. The molecule has 2 saturated heterocycles. The van der Waals surface area contributed by atoms with Gasteiger partial charge in [-0.2, -0.15) is 0 Å². The molecule has 0 N–H and O–H groups in total. The molecule has 4 rings (SSSR count). The van der Waals surface area contributed by atoms with Crippen molar-refractivity contribution >= 4 is 5.91 Å². The summed E-state index contributed by atoms with van der Waals surface area (Å²) in [5.74, 6) is 2.30. The number of benzene rings is 1. The van der Waals surface area contributed by atoms with Crippen LogP contribution in [0.3, 0.4) is 0 Å². The first-order valence-electron chi connectivity index (χ1n) is 9.18. The second kappa shape index (κ2) is 6.34. The SMILES string of the molecule is Cc1ccc(CN2CCC3(CC2)CC(c2ccccc2)C(=O)N3C)o1. The number of carbonyl (C=O) groups excluding carboxylic acids is 1. The molecule has 2 aliphatic rings. The minimum absolute atomic E-state index is 0.0190. The summed E-state index contributed by atoms with van der Waals surface area (Å²) in [7, 11) is 2.00. The van der Waals surface area contributed by atoms with Gasteiger partial charge in [-0.05, 0) is 43.9 Å². The Morgan fingerprint density at radius 3 is 2.48 bits per heavy atom. The van der Waals surface area contributed by atoms with Crippen LogP contribution in [0.2, 0.25) is 0 Å². The van der Waals surface area contributed by atoms with Gasteiger partial charge in [-0.15, -0.1) is 0 Å². The Labute approximate surface area is 149 Å². The Kier molecular flexibility index (Phi) is 4.16. The molecule has 1 amide bonds. The van der Waals surface area contributed by atoms with E-state index in [9.17, 15) is 4.79 Å². The van der Waals surface area contributed by atoms with Crippen LogP contribution in [-0.2, 0) is 11.3 Å². The van der Waals surface area contributed by atoms with E-state index >= 15 is 0 Å². The molecule has 4 nitrogen and oxygen atoms in total. The van der Waals surface area contributed by atoms with Crippen LogP contribution < -0.4 is 0 Å². The molecule has 1 unspecified atom stereocenters. The van der Waals surface area contributed by atoms with Crippen LogP contribution in [0.5, 0.6) is 0 Å². The summed E-state index contributed by atoms with van der Waals surface area (Å²) in [6.07, 6.45) is 3.02. The van der Waals surface area contributed by atoms with Gasteiger partial charge in [-0.1, -0.05) is 30.3 Å². The third-order valence-electron chi connectivity index (χ3n) is 6.09. The number of hydrogen-bond donors (Lipinski definition) is 0. The van der Waals surface area contributed by atoms with E-state index in [1.165, 1.54) is 0 Å². The molecule has 1 aromatic heterocycles. The van der Waals surface area contributed by atoms with E-state index < -0.39 is 0 Å². The van der Waals surface area contributed by atoms with Gasteiger partial charge < -0.3 is 9.32 Å². The number of piperidine rings is 1. The molecule has 0 bridgehead atoms. The zero-order valence-corrected chi connectivity index (χ0v) is 15.1. The maximum Gasteiger partial charge on any atom is 0.230 e. The summed E-state index contributed by atoms with van der Waals surface area (Å²) in [6.45, 7) is 4.87. The fourth-order valence-electron chi connectivity index (χ4n) is 4.47. The summed E-state index contributed by atoms with van der Waals surface area (Å²) < 4.78 is 5.71. The number of amides is 1. The number of likely N-dealkylation sites (N-methyl/N-ethyl adjacent to an activating group) is 1. The van der Waals surface area contributed by atoms with E-state index in [2.05, 4.69) is 23.1 Å². The Morgan fingerprint density at radius 2 is 1.84 bits per heavy atom. The van der Waals surface area contributed by atoms with Crippen LogP contribution in [0.25, 0.3) is 0 Å². The Hall–Kier alpha value is -2.07. The van der Waals surface area contributed by atoms with Gasteiger partial charge in [0.05, 0.1) is 12.5 Å². The van der Waals surface area contributed by atoms with Crippen molar-refractivity contribution < 1.29 is 9.21 Å². The standard InChI is InChI=1S/C21H26N2O2/c1-16-8-9-18(25-16)15-23-12-10-21(11-13-23)14-19(20(24)22(21)2)17-6-4-3-5-7-17/h3-9,19H,10-15H2,1-2H3. The molecule has 0 saturated carbocycles. The number of rotatable bonds is 3. The molecule has 1 atom stereocenters. The summed E-state index contributed by atoms with van der Waals surface area (Å²) in [5.41, 5.74) is 1.18. The van der Waals surface area contributed by atoms with Crippen LogP contribution in [0.1, 0.15) is 42.3 Å². The molecule has 25 heavy (non-hydrogen) atoms. The molecule has 0 aliphatic carbocycles. The second-order valence-electron chi connectivity index (χ2n) is 7.58. The normalized spacial score (nSPS) is 23.5. The third kappa shape index (κ3) is 2.99. The van der Waals surface area contributed by atoms with Gasteiger partial charge in [-0.25, -0.2) is 0 Å². The largest absolute Gasteiger partial charge is 0.465 e. The lowest BCUT2D eigenvalue weighted by Crippen LogP contribution is -2.51. The van der Waals surface area contributed by atoms with Crippen molar-refractivity contribution in [3.05, 3.63) is 59.5 Å². The van der Waals surface area contributed by atoms with Crippen molar-refractivity contribution in [1.29, 1.82) is 0 Å². The van der Waals surface area contributed by atoms with Crippen LogP contribution in [0.4, 0.5) is 0 Å². The quantitative estimate of drug-likeness (QED) is 0.858. The van der Waals surface area contributed by atoms with Gasteiger partial charge in [0.15, 0.2) is 0 Å². The van der Waals surface area contributed by atoms with Crippen LogP contribution in [0.15, 0.2) is 46.9 Å². The number of likely N-dealkylation sites (tertiary alicyclic amines) is 2. The fraction of sp³-hybridized carbons (Fsp3) is 0.476. The highest BCUT2D eigenvalue weighted by Gasteiger charge is 2.50. The fourth-order valence-corrected chi connectivity index (χ4v) is 4.47. The highest BCUT2D eigenvalue weighted by Crippen LogP contribution is 2.44. The monoisotopic (exact) mass is 338 g/mol. The molecule has 2 fully saturated rings. The molecule has 2 aromatic rings. The van der Waals surface area contributed by atoms with Crippen molar-refractivity contribution in [1.82, 2.24) is 9.80 Å². The van der Waals surface area contributed by atoms with E-state index in [4.69, 9.17) is 4.42 Å². The summed E-state index contributed by atoms with van der Waals surface area (Å²) in [4.78, 5) is 17.3. The summed E-state index contributed by atoms with van der Waals surface area (Å²) in [5, 5.41) is 0. The number of nitrogens with zero attached hydrogens (tertiary/aromatic N) is 2. The molecule has 1 spiro atoms. The third-order valence-corrected chi connectivity index (χ3v) is 6.09. The molecule has 3 heterocycles. The first-order valence-corrected chi connectivity index (χ1v) is 9.18. The van der Waals surface area contributed by atoms with Gasteiger partial charge in [0.25, 0.3) is 0 Å². The molecule has 1 aromatic carbocycles. The number of hydrogen-bond acceptors (Lipinski definition) is 3. The van der Waals surface area contributed by atoms with E-state index in [0.717, 1.165) is 56.0 Å². The summed E-state index contributed by atoms with van der Waals surface area (Å²) in [6, 6.07) is 14.3. The minimum atomic E-state index is 0.0190. The predicted octanol–water partition coefficient (Wildman–Crippen LogP) is 3.57. The molecule has 0 radical (unpaired) electrons. The maximum atomic E-state index is 12.9. The average molecular weight is 338 g/mol. The zero-order chi connectivity index (χ0) is 17.4. The number of carbonyl (C=O) groups is 1. The van der Waals surface area contributed by atoms with Gasteiger partial charge in [-0.3, -0.25) is 9.69 Å². The number of furan rings is 1. The highest BCUT2D eigenvalue weighted by molar-refractivity contribution is 5.87. The van der Waals surface area contributed by atoms with E-state index in [0.29, 0.717) is 0 Å². The van der Waals surface area contributed by atoms with Crippen LogP contribution in [0, 0.1) is 6.92 Å². The average Bonchev–Trinajstić information content (AvgIpc) is 3.15. The molecule has 4 heteroatoms. The maximum absolute atomic E-state index is 12.9. The molecule has 2 aliphatic heterocycles. The predicted molar refractivity (Wildman–Crippen MR) is 97.3 cm³/mol. The lowest BCUT2D eigenvalue weighted by Gasteiger charge is -2.43. The second-order valence-corrected chi connectivity index (χ2v) is 7.58. The Bertz CT molecular complexity index is 744. The van der Waals surface area contributed by atoms with Crippen molar-refractivity contribution in [2.24, 2.45) is 0 Å². The van der Waals surface area contributed by atoms with Crippen LogP contribution in [-0.4, -0.2) is 41.4 Å². The lowest BCUT2D eigenvalue weighted by molar-refractivity contribution is -0.131. The van der Waals surface area contributed by atoms with Crippen molar-refractivity contribution in [3.8, 4) is 0 Å².